The standard InChI is InChI=1S/C22H19ClN2O5S/c1-13-18(21(27)30-11-10-28-2)19(15-7-3-4-8-16(15)23)25-20(26)17(31-22(25)24-13)12-14-6-5-9-29-14/h3-9,12,19H,10-11H2,1-2H3/b17-12-. The fraction of sp³-hybridized carbons (Fsp3) is 0.227. The lowest BCUT2D eigenvalue weighted by molar-refractivity contribution is -0.140. The van der Waals surface area contributed by atoms with Crippen molar-refractivity contribution in [3.8, 4) is 0 Å². The second-order valence-corrected chi connectivity index (χ2v) is 8.16. The predicted molar refractivity (Wildman–Crippen MR) is 117 cm³/mol. The maximum Gasteiger partial charge on any atom is 0.338 e. The van der Waals surface area contributed by atoms with Crippen LogP contribution in [0, 0.1) is 0 Å². The van der Waals surface area contributed by atoms with Crippen molar-refractivity contribution in [2.75, 3.05) is 20.3 Å². The average molecular weight is 459 g/mol. The van der Waals surface area contributed by atoms with Gasteiger partial charge in [-0.1, -0.05) is 41.1 Å². The summed E-state index contributed by atoms with van der Waals surface area (Å²) in [5.41, 5.74) is 1.06. The van der Waals surface area contributed by atoms with Gasteiger partial charge in [-0.15, -0.1) is 0 Å². The molecule has 0 saturated heterocycles. The van der Waals surface area contributed by atoms with Crippen LogP contribution in [0.4, 0.5) is 0 Å². The quantitative estimate of drug-likeness (QED) is 0.419. The van der Waals surface area contributed by atoms with Crippen LogP contribution in [0.3, 0.4) is 0 Å². The van der Waals surface area contributed by atoms with Crippen LogP contribution < -0.4 is 14.9 Å². The number of fused-ring (bicyclic) bond motifs is 1. The second-order valence-electron chi connectivity index (χ2n) is 6.75. The van der Waals surface area contributed by atoms with Crippen LogP contribution in [-0.2, 0) is 14.3 Å². The molecular weight excluding hydrogens is 440 g/mol. The lowest BCUT2D eigenvalue weighted by Crippen LogP contribution is -2.40. The van der Waals surface area contributed by atoms with Gasteiger partial charge in [0.05, 0.1) is 28.7 Å². The van der Waals surface area contributed by atoms with Gasteiger partial charge in [-0.25, -0.2) is 9.79 Å². The molecule has 1 aliphatic rings. The Kier molecular flexibility index (Phi) is 6.22. The van der Waals surface area contributed by atoms with E-state index in [1.54, 1.807) is 43.3 Å². The molecule has 4 rings (SSSR count). The molecule has 3 heterocycles. The number of carbonyl (C=O) groups excluding carboxylic acids is 1. The van der Waals surface area contributed by atoms with Crippen LogP contribution in [0.25, 0.3) is 6.08 Å². The molecule has 0 spiro atoms. The first-order valence-electron chi connectivity index (χ1n) is 9.48. The molecular formula is C22H19ClN2O5S. The highest BCUT2D eigenvalue weighted by Gasteiger charge is 2.34. The third-order valence-corrected chi connectivity index (χ3v) is 6.11. The van der Waals surface area contributed by atoms with E-state index in [0.29, 0.717) is 31.4 Å². The molecule has 0 bridgehead atoms. The first-order valence-corrected chi connectivity index (χ1v) is 10.7. The Labute approximate surface area is 186 Å². The summed E-state index contributed by atoms with van der Waals surface area (Å²) in [7, 11) is 1.52. The minimum absolute atomic E-state index is 0.0876. The van der Waals surface area contributed by atoms with Crippen molar-refractivity contribution < 1.29 is 18.7 Å². The monoisotopic (exact) mass is 458 g/mol. The molecule has 0 fully saturated rings. The fourth-order valence-corrected chi connectivity index (χ4v) is 4.64. The SMILES string of the molecule is COCCOC(=O)C1=C(C)N=c2s/c(=C\c3ccco3)c(=O)n2C1c1ccccc1Cl. The van der Waals surface area contributed by atoms with Crippen molar-refractivity contribution in [3.63, 3.8) is 0 Å². The lowest BCUT2D eigenvalue weighted by Gasteiger charge is -2.25. The Morgan fingerprint density at radius 1 is 1.29 bits per heavy atom. The number of esters is 1. The van der Waals surface area contributed by atoms with Crippen molar-refractivity contribution >= 4 is 35.0 Å². The fourth-order valence-electron chi connectivity index (χ4n) is 3.37. The highest BCUT2D eigenvalue weighted by molar-refractivity contribution is 7.07. The highest BCUT2D eigenvalue weighted by atomic mass is 35.5. The van der Waals surface area contributed by atoms with Crippen LogP contribution in [-0.4, -0.2) is 30.9 Å². The summed E-state index contributed by atoms with van der Waals surface area (Å²) in [5.74, 6) is -0.0157. The molecule has 31 heavy (non-hydrogen) atoms. The number of rotatable bonds is 6. The maximum absolute atomic E-state index is 13.4. The number of halogens is 1. The Bertz CT molecular complexity index is 1320. The third-order valence-electron chi connectivity index (χ3n) is 4.78. The Morgan fingerprint density at radius 2 is 2.10 bits per heavy atom. The second kappa shape index (κ2) is 9.05. The number of methoxy groups -OCH3 is 1. The summed E-state index contributed by atoms with van der Waals surface area (Å²) in [5, 5.41) is 0.435. The molecule has 1 aliphatic heterocycles. The summed E-state index contributed by atoms with van der Waals surface area (Å²) >= 11 is 7.71. The zero-order chi connectivity index (χ0) is 22.0. The van der Waals surface area contributed by atoms with Gasteiger partial charge < -0.3 is 13.9 Å². The zero-order valence-electron chi connectivity index (χ0n) is 16.8. The number of furan rings is 1. The van der Waals surface area contributed by atoms with Gasteiger partial charge in [0.15, 0.2) is 4.80 Å². The van der Waals surface area contributed by atoms with Gasteiger partial charge in [0.1, 0.15) is 18.4 Å². The van der Waals surface area contributed by atoms with Gasteiger partial charge in [-0.3, -0.25) is 9.36 Å². The van der Waals surface area contributed by atoms with Crippen molar-refractivity contribution in [2.24, 2.45) is 4.99 Å². The van der Waals surface area contributed by atoms with E-state index in [4.69, 9.17) is 25.5 Å². The first-order chi connectivity index (χ1) is 15.0. The smallest absolute Gasteiger partial charge is 0.338 e. The summed E-state index contributed by atoms with van der Waals surface area (Å²) in [6.45, 7) is 2.07. The maximum atomic E-state index is 13.4. The van der Waals surface area contributed by atoms with Gasteiger partial charge in [-0.2, -0.15) is 0 Å². The molecule has 0 amide bonds. The predicted octanol–water partition coefficient (Wildman–Crippen LogP) is 2.67. The van der Waals surface area contributed by atoms with E-state index in [-0.39, 0.29) is 24.3 Å². The van der Waals surface area contributed by atoms with E-state index in [0.717, 1.165) is 0 Å². The molecule has 1 unspecified atom stereocenters. The minimum Gasteiger partial charge on any atom is -0.465 e. The molecule has 0 N–H and O–H groups in total. The summed E-state index contributed by atoms with van der Waals surface area (Å²) in [6.07, 6.45) is 3.19. The van der Waals surface area contributed by atoms with Gasteiger partial charge in [0, 0.05) is 18.2 Å². The number of thiazole rings is 1. The van der Waals surface area contributed by atoms with E-state index in [9.17, 15) is 9.59 Å². The van der Waals surface area contributed by atoms with E-state index in [1.165, 1.54) is 29.3 Å². The number of hydrogen-bond acceptors (Lipinski definition) is 7. The lowest BCUT2D eigenvalue weighted by atomic mass is 9.96. The molecule has 9 heteroatoms. The number of hydrogen-bond donors (Lipinski definition) is 0. The number of ether oxygens (including phenoxy) is 2. The Morgan fingerprint density at radius 3 is 2.81 bits per heavy atom. The summed E-state index contributed by atoms with van der Waals surface area (Å²) < 4.78 is 17.6. The number of allylic oxidation sites excluding steroid dienone is 1. The van der Waals surface area contributed by atoms with E-state index in [1.807, 2.05) is 6.07 Å². The molecule has 1 atom stereocenters. The van der Waals surface area contributed by atoms with Crippen LogP contribution in [0.15, 0.2) is 68.1 Å². The summed E-state index contributed by atoms with van der Waals surface area (Å²) in [4.78, 5) is 31.4. The largest absolute Gasteiger partial charge is 0.465 e. The number of carbonyl (C=O) groups is 1. The first kappa shape index (κ1) is 21.3. The third kappa shape index (κ3) is 4.14. The number of nitrogens with zero attached hydrogens (tertiary/aromatic N) is 2. The van der Waals surface area contributed by atoms with Crippen LogP contribution >= 0.6 is 22.9 Å². The van der Waals surface area contributed by atoms with E-state index < -0.39 is 12.0 Å². The molecule has 3 aromatic rings. The van der Waals surface area contributed by atoms with Crippen molar-refractivity contribution in [1.29, 1.82) is 0 Å². The van der Waals surface area contributed by atoms with Crippen molar-refractivity contribution in [1.82, 2.24) is 4.57 Å². The summed E-state index contributed by atoms with van der Waals surface area (Å²) in [6, 6.07) is 9.85. The van der Waals surface area contributed by atoms with Gasteiger partial charge >= 0.3 is 5.97 Å². The highest BCUT2D eigenvalue weighted by Crippen LogP contribution is 2.34. The minimum atomic E-state index is -0.765. The van der Waals surface area contributed by atoms with E-state index >= 15 is 0 Å². The topological polar surface area (TPSA) is 83.0 Å². The van der Waals surface area contributed by atoms with E-state index in [2.05, 4.69) is 4.99 Å². The normalized spacial score (nSPS) is 16.2. The van der Waals surface area contributed by atoms with Crippen molar-refractivity contribution in [3.05, 3.63) is 90.0 Å². The van der Waals surface area contributed by atoms with Gasteiger partial charge in [0.2, 0.25) is 0 Å². The van der Waals surface area contributed by atoms with Crippen LogP contribution in [0.2, 0.25) is 5.02 Å². The molecule has 0 saturated carbocycles. The molecule has 160 valence electrons. The van der Waals surface area contributed by atoms with Crippen LogP contribution in [0.5, 0.6) is 0 Å². The molecule has 2 aromatic heterocycles. The average Bonchev–Trinajstić information content (AvgIpc) is 3.36. The van der Waals surface area contributed by atoms with Crippen LogP contribution in [0.1, 0.15) is 24.3 Å². The number of benzene rings is 1. The van der Waals surface area contributed by atoms with Gasteiger partial charge in [0.25, 0.3) is 5.56 Å². The Hall–Kier alpha value is -2.94. The van der Waals surface area contributed by atoms with Gasteiger partial charge in [-0.05, 0) is 30.7 Å². The van der Waals surface area contributed by atoms with Crippen molar-refractivity contribution in [2.45, 2.75) is 13.0 Å². The molecule has 1 aromatic carbocycles. The molecule has 7 nitrogen and oxygen atoms in total. The zero-order valence-corrected chi connectivity index (χ0v) is 18.4. The molecule has 0 aliphatic carbocycles. The molecule has 0 radical (unpaired) electrons. The Balaban J connectivity index is 1.91. The number of aromatic nitrogens is 1.